The first kappa shape index (κ1) is 13.8. The molecule has 1 aliphatic rings. The molecule has 2 aromatic heterocycles. The molecule has 0 aliphatic carbocycles. The van der Waals surface area contributed by atoms with Crippen molar-refractivity contribution in [1.82, 2.24) is 9.97 Å². The molecule has 3 aromatic rings. The average molecular weight is 304 g/mol. The fraction of sp³-hybridized carbons (Fsp3) is 0.278. The molecule has 4 rings (SSSR count). The zero-order chi connectivity index (χ0) is 15.6. The van der Waals surface area contributed by atoms with Crippen molar-refractivity contribution in [2.45, 2.75) is 18.8 Å². The number of nitrogens with zero attached hydrogens (tertiary/aromatic N) is 4. The maximum atomic E-state index is 8.87. The number of nitriles is 1. The number of rotatable bonds is 2. The summed E-state index contributed by atoms with van der Waals surface area (Å²) < 4.78 is 5.93. The van der Waals surface area contributed by atoms with Gasteiger partial charge in [-0.2, -0.15) is 5.26 Å². The van der Waals surface area contributed by atoms with Gasteiger partial charge in [-0.05, 0) is 37.1 Å². The van der Waals surface area contributed by atoms with Crippen molar-refractivity contribution in [2.24, 2.45) is 0 Å². The van der Waals surface area contributed by atoms with Gasteiger partial charge >= 0.3 is 0 Å². The molecule has 3 heterocycles. The van der Waals surface area contributed by atoms with Gasteiger partial charge in [-0.1, -0.05) is 12.1 Å². The lowest BCUT2D eigenvalue weighted by Crippen LogP contribution is -2.35. The molecule has 23 heavy (non-hydrogen) atoms. The first-order chi connectivity index (χ1) is 11.3. The van der Waals surface area contributed by atoms with Crippen LogP contribution in [0.1, 0.15) is 30.2 Å². The molecule has 1 aliphatic heterocycles. The molecule has 1 fully saturated rings. The SMILES string of the molecule is N#Cc1ccc(N2CCCC(c3nc4ccccc4o3)C2)nc1. The predicted octanol–water partition coefficient (Wildman–Crippen LogP) is 3.48. The molecule has 1 aromatic carbocycles. The Morgan fingerprint density at radius 3 is 2.91 bits per heavy atom. The number of aromatic nitrogens is 2. The van der Waals surface area contributed by atoms with Crippen LogP contribution in [0, 0.1) is 11.3 Å². The van der Waals surface area contributed by atoms with E-state index in [2.05, 4.69) is 20.9 Å². The highest BCUT2D eigenvalue weighted by molar-refractivity contribution is 5.72. The Balaban J connectivity index is 1.57. The molecule has 0 amide bonds. The second-order valence-corrected chi connectivity index (χ2v) is 5.82. The summed E-state index contributed by atoms with van der Waals surface area (Å²) in [5.74, 6) is 1.99. The maximum absolute atomic E-state index is 8.87. The van der Waals surface area contributed by atoms with Gasteiger partial charge in [0.1, 0.15) is 17.4 Å². The molecule has 0 bridgehead atoms. The smallest absolute Gasteiger partial charge is 0.200 e. The molecule has 0 spiro atoms. The number of hydrogen-bond donors (Lipinski definition) is 0. The van der Waals surface area contributed by atoms with Crippen molar-refractivity contribution in [3.8, 4) is 6.07 Å². The number of para-hydroxylation sites is 2. The van der Waals surface area contributed by atoms with E-state index in [0.29, 0.717) is 5.56 Å². The lowest BCUT2D eigenvalue weighted by atomic mass is 9.98. The van der Waals surface area contributed by atoms with Gasteiger partial charge in [0.25, 0.3) is 0 Å². The van der Waals surface area contributed by atoms with E-state index in [4.69, 9.17) is 9.68 Å². The van der Waals surface area contributed by atoms with Gasteiger partial charge in [-0.25, -0.2) is 9.97 Å². The van der Waals surface area contributed by atoms with Crippen LogP contribution in [0.2, 0.25) is 0 Å². The summed E-state index contributed by atoms with van der Waals surface area (Å²) >= 11 is 0. The largest absolute Gasteiger partial charge is 0.440 e. The summed E-state index contributed by atoms with van der Waals surface area (Å²) in [5.41, 5.74) is 2.34. The molecular formula is C18H16N4O. The Kier molecular flexibility index (Phi) is 3.43. The molecule has 0 radical (unpaired) electrons. The van der Waals surface area contributed by atoms with E-state index in [1.165, 1.54) is 0 Å². The quantitative estimate of drug-likeness (QED) is 0.725. The van der Waals surface area contributed by atoms with E-state index in [0.717, 1.165) is 48.7 Å². The van der Waals surface area contributed by atoms with Crippen LogP contribution in [0.5, 0.6) is 0 Å². The highest BCUT2D eigenvalue weighted by Crippen LogP contribution is 2.30. The minimum absolute atomic E-state index is 0.272. The van der Waals surface area contributed by atoms with Crippen LogP contribution in [0.25, 0.3) is 11.1 Å². The third-order valence-corrected chi connectivity index (χ3v) is 4.28. The Hall–Kier alpha value is -2.87. The summed E-state index contributed by atoms with van der Waals surface area (Å²) in [6.07, 6.45) is 3.77. The normalized spacial score (nSPS) is 18.0. The Morgan fingerprint density at radius 1 is 1.22 bits per heavy atom. The van der Waals surface area contributed by atoms with Gasteiger partial charge in [0.2, 0.25) is 0 Å². The zero-order valence-electron chi connectivity index (χ0n) is 12.6. The Morgan fingerprint density at radius 2 is 2.13 bits per heavy atom. The van der Waals surface area contributed by atoms with Gasteiger partial charge in [0.05, 0.1) is 11.5 Å². The average Bonchev–Trinajstić information content (AvgIpc) is 3.06. The third-order valence-electron chi connectivity index (χ3n) is 4.28. The minimum atomic E-state index is 0.272. The Labute approximate surface area is 134 Å². The van der Waals surface area contributed by atoms with Gasteiger partial charge in [0.15, 0.2) is 11.5 Å². The highest BCUT2D eigenvalue weighted by Gasteiger charge is 2.26. The molecule has 1 atom stereocenters. The van der Waals surface area contributed by atoms with Gasteiger partial charge in [0, 0.05) is 19.3 Å². The minimum Gasteiger partial charge on any atom is -0.440 e. The monoisotopic (exact) mass is 304 g/mol. The maximum Gasteiger partial charge on any atom is 0.200 e. The van der Waals surface area contributed by atoms with Gasteiger partial charge in [-0.15, -0.1) is 0 Å². The van der Waals surface area contributed by atoms with Crippen molar-refractivity contribution in [3.05, 3.63) is 54.0 Å². The van der Waals surface area contributed by atoms with Crippen LogP contribution in [-0.2, 0) is 0 Å². The molecule has 0 saturated carbocycles. The summed E-state index contributed by atoms with van der Waals surface area (Å²) in [5, 5.41) is 8.87. The molecule has 5 heteroatoms. The van der Waals surface area contributed by atoms with E-state index in [-0.39, 0.29) is 5.92 Å². The fourth-order valence-corrected chi connectivity index (χ4v) is 3.09. The summed E-state index contributed by atoms with van der Waals surface area (Å²) in [4.78, 5) is 11.3. The van der Waals surface area contributed by atoms with Crippen molar-refractivity contribution in [3.63, 3.8) is 0 Å². The number of piperidine rings is 1. The van der Waals surface area contributed by atoms with E-state index in [9.17, 15) is 0 Å². The fourth-order valence-electron chi connectivity index (χ4n) is 3.09. The second-order valence-electron chi connectivity index (χ2n) is 5.82. The van der Waals surface area contributed by atoms with Crippen molar-refractivity contribution in [2.75, 3.05) is 18.0 Å². The van der Waals surface area contributed by atoms with Crippen LogP contribution in [0.3, 0.4) is 0 Å². The number of anilines is 1. The molecular weight excluding hydrogens is 288 g/mol. The molecule has 1 saturated heterocycles. The topological polar surface area (TPSA) is 66.0 Å². The molecule has 114 valence electrons. The number of pyridine rings is 1. The first-order valence-electron chi connectivity index (χ1n) is 7.80. The number of oxazole rings is 1. The third kappa shape index (κ3) is 2.64. The van der Waals surface area contributed by atoms with Crippen LogP contribution >= 0.6 is 0 Å². The standard InChI is InChI=1S/C18H16N4O/c19-10-13-7-8-17(20-11-13)22-9-3-4-14(12-22)18-21-15-5-1-2-6-16(15)23-18/h1-2,5-8,11,14H,3-4,9,12H2. The van der Waals surface area contributed by atoms with Crippen molar-refractivity contribution < 1.29 is 4.42 Å². The molecule has 5 nitrogen and oxygen atoms in total. The van der Waals surface area contributed by atoms with Crippen molar-refractivity contribution >= 4 is 16.9 Å². The number of hydrogen-bond acceptors (Lipinski definition) is 5. The van der Waals surface area contributed by atoms with Gasteiger partial charge in [-0.3, -0.25) is 0 Å². The van der Waals surface area contributed by atoms with E-state index in [1.807, 2.05) is 36.4 Å². The number of benzene rings is 1. The van der Waals surface area contributed by atoms with Crippen LogP contribution < -0.4 is 4.90 Å². The predicted molar refractivity (Wildman–Crippen MR) is 87.1 cm³/mol. The lowest BCUT2D eigenvalue weighted by Gasteiger charge is -2.32. The molecule has 0 N–H and O–H groups in total. The van der Waals surface area contributed by atoms with Gasteiger partial charge < -0.3 is 9.32 Å². The van der Waals surface area contributed by atoms with E-state index < -0.39 is 0 Å². The van der Waals surface area contributed by atoms with E-state index >= 15 is 0 Å². The number of fused-ring (bicyclic) bond motifs is 1. The van der Waals surface area contributed by atoms with E-state index in [1.54, 1.807) is 6.20 Å². The van der Waals surface area contributed by atoms with Crippen LogP contribution in [0.15, 0.2) is 47.0 Å². The zero-order valence-corrected chi connectivity index (χ0v) is 12.6. The summed E-state index contributed by atoms with van der Waals surface area (Å²) in [6, 6.07) is 13.7. The Bertz CT molecular complexity index is 830. The van der Waals surface area contributed by atoms with Crippen molar-refractivity contribution in [1.29, 1.82) is 5.26 Å². The summed E-state index contributed by atoms with van der Waals surface area (Å²) in [6.45, 7) is 1.81. The molecule has 1 unspecified atom stereocenters. The van der Waals surface area contributed by atoms with Crippen LogP contribution in [-0.4, -0.2) is 23.1 Å². The lowest BCUT2D eigenvalue weighted by molar-refractivity contribution is 0.412. The van der Waals surface area contributed by atoms with Crippen LogP contribution in [0.4, 0.5) is 5.82 Å². The summed E-state index contributed by atoms with van der Waals surface area (Å²) in [7, 11) is 0. The second kappa shape index (κ2) is 5.73. The first-order valence-corrected chi connectivity index (χ1v) is 7.80. The highest BCUT2D eigenvalue weighted by atomic mass is 16.3.